The monoisotopic (exact) mass is 220 g/mol. The van der Waals surface area contributed by atoms with Gasteiger partial charge in [0, 0.05) is 4.47 Å². The summed E-state index contributed by atoms with van der Waals surface area (Å²) >= 11 is 3.52. The van der Waals surface area contributed by atoms with Gasteiger partial charge in [0.2, 0.25) is 0 Å². The molecule has 0 atom stereocenters. The number of fused-ring (bicyclic) bond motifs is 1. The first-order valence-electron chi connectivity index (χ1n) is 3.92. The molecule has 0 amide bonds. The van der Waals surface area contributed by atoms with Gasteiger partial charge in [-0.1, -0.05) is 46.3 Å². The van der Waals surface area contributed by atoms with Crippen molar-refractivity contribution in [3.05, 3.63) is 46.4 Å². The van der Waals surface area contributed by atoms with E-state index in [1.165, 1.54) is 20.8 Å². The first-order chi connectivity index (χ1) is 5.77. The van der Waals surface area contributed by atoms with Gasteiger partial charge in [-0.2, -0.15) is 0 Å². The van der Waals surface area contributed by atoms with E-state index in [1.54, 1.807) is 0 Å². The predicted molar refractivity (Wildman–Crippen MR) is 56.4 cm³/mol. The molecular weight excluding hydrogens is 212 g/mol. The predicted octanol–water partition coefficient (Wildman–Crippen LogP) is 3.91. The van der Waals surface area contributed by atoms with Crippen LogP contribution in [0.2, 0.25) is 0 Å². The first-order valence-corrected chi connectivity index (χ1v) is 4.71. The summed E-state index contributed by atoms with van der Waals surface area (Å²) in [7, 11) is 0. The van der Waals surface area contributed by atoms with Crippen molar-refractivity contribution < 1.29 is 0 Å². The van der Waals surface area contributed by atoms with Crippen LogP contribution >= 0.6 is 15.9 Å². The number of hydrogen-bond donors (Lipinski definition) is 0. The summed E-state index contributed by atoms with van der Waals surface area (Å²) in [6.45, 7) is 2.11. The lowest BCUT2D eigenvalue weighted by Crippen LogP contribution is -1.77. The quantitative estimate of drug-likeness (QED) is 0.632. The second kappa shape index (κ2) is 2.91. The largest absolute Gasteiger partial charge is 0.0616 e. The van der Waals surface area contributed by atoms with Crippen molar-refractivity contribution in [3.63, 3.8) is 0 Å². The molecule has 0 nitrogen and oxygen atoms in total. The van der Waals surface area contributed by atoms with Crippen LogP contribution in [0.25, 0.3) is 10.8 Å². The molecule has 2 rings (SSSR count). The second-order valence-corrected chi connectivity index (χ2v) is 3.80. The molecule has 0 unspecified atom stereocenters. The minimum absolute atomic E-state index is 1.18. The van der Waals surface area contributed by atoms with Crippen LogP contribution in [0.4, 0.5) is 0 Å². The lowest BCUT2D eigenvalue weighted by molar-refractivity contribution is 1.46. The Morgan fingerprint density at radius 1 is 1.00 bits per heavy atom. The highest BCUT2D eigenvalue weighted by Crippen LogP contribution is 2.23. The van der Waals surface area contributed by atoms with Gasteiger partial charge >= 0.3 is 0 Å². The summed E-state index contributed by atoms with van der Waals surface area (Å²) in [5.74, 6) is 0. The van der Waals surface area contributed by atoms with Gasteiger partial charge in [0.25, 0.3) is 0 Å². The van der Waals surface area contributed by atoms with Gasteiger partial charge < -0.3 is 0 Å². The summed E-state index contributed by atoms with van der Waals surface area (Å²) in [5.41, 5.74) is 1.29. The van der Waals surface area contributed by atoms with E-state index in [4.69, 9.17) is 0 Å². The van der Waals surface area contributed by atoms with E-state index in [0.29, 0.717) is 0 Å². The Hall–Kier alpha value is -0.820. The average molecular weight is 221 g/mol. The van der Waals surface area contributed by atoms with Crippen molar-refractivity contribution in [2.24, 2.45) is 0 Å². The van der Waals surface area contributed by atoms with Crippen LogP contribution < -0.4 is 0 Å². The van der Waals surface area contributed by atoms with Crippen molar-refractivity contribution in [1.82, 2.24) is 0 Å². The van der Waals surface area contributed by atoms with Crippen molar-refractivity contribution in [3.8, 4) is 0 Å². The average Bonchev–Trinajstić information content (AvgIpc) is 2.07. The smallest absolute Gasteiger partial charge is 0.0210 e. The minimum atomic E-state index is 1.18. The van der Waals surface area contributed by atoms with Crippen LogP contribution in [0.1, 0.15) is 5.56 Å². The van der Waals surface area contributed by atoms with E-state index in [2.05, 4.69) is 59.3 Å². The molecule has 0 fully saturated rings. The molecule has 0 bridgehead atoms. The van der Waals surface area contributed by atoms with Gasteiger partial charge in [-0.25, -0.2) is 0 Å². The number of benzene rings is 2. The molecule has 2 aromatic rings. The molecule has 0 heterocycles. The fraction of sp³-hybridized carbons (Fsp3) is 0.0909. The molecule has 0 aliphatic heterocycles. The fourth-order valence-electron chi connectivity index (χ4n) is 1.33. The molecule has 0 N–H and O–H groups in total. The summed E-state index contributed by atoms with van der Waals surface area (Å²) < 4.78 is 1.18. The molecule has 0 saturated heterocycles. The molecule has 60 valence electrons. The summed E-state index contributed by atoms with van der Waals surface area (Å²) in [4.78, 5) is 0. The zero-order valence-corrected chi connectivity index (χ0v) is 8.43. The van der Waals surface area contributed by atoms with Gasteiger partial charge in [-0.15, -0.1) is 0 Å². The third-order valence-corrected chi connectivity index (χ3v) is 2.88. The lowest BCUT2D eigenvalue weighted by atomic mass is 10.1. The maximum Gasteiger partial charge on any atom is 0.0210 e. The van der Waals surface area contributed by atoms with E-state index in [-0.39, 0.29) is 0 Å². The number of hydrogen-bond acceptors (Lipinski definition) is 0. The SMILES string of the molecule is Cc1cc2ccccc2cc1Br. The standard InChI is InChI=1S/C11H9Br/c1-8-6-9-4-2-3-5-10(9)7-11(8)12/h2-7H,1H3. The summed E-state index contributed by atoms with van der Waals surface area (Å²) in [6.07, 6.45) is 0. The molecular formula is C11H9Br. The van der Waals surface area contributed by atoms with E-state index in [1.807, 2.05) is 0 Å². The van der Waals surface area contributed by atoms with Gasteiger partial charge in [-0.3, -0.25) is 0 Å². The van der Waals surface area contributed by atoms with Gasteiger partial charge in [-0.05, 0) is 29.3 Å². The molecule has 0 spiro atoms. The molecule has 2 aromatic carbocycles. The molecule has 0 aliphatic carbocycles. The van der Waals surface area contributed by atoms with Crippen molar-refractivity contribution in [2.75, 3.05) is 0 Å². The third-order valence-electron chi connectivity index (χ3n) is 2.03. The van der Waals surface area contributed by atoms with Crippen molar-refractivity contribution in [1.29, 1.82) is 0 Å². The van der Waals surface area contributed by atoms with Crippen LogP contribution in [0.5, 0.6) is 0 Å². The highest BCUT2D eigenvalue weighted by Gasteiger charge is 1.96. The number of rotatable bonds is 0. The number of aryl methyl sites for hydroxylation is 1. The Bertz CT molecular complexity index is 378. The highest BCUT2D eigenvalue weighted by molar-refractivity contribution is 9.10. The van der Waals surface area contributed by atoms with Crippen molar-refractivity contribution >= 4 is 26.7 Å². The number of halogens is 1. The maximum absolute atomic E-state index is 3.52. The van der Waals surface area contributed by atoms with Crippen LogP contribution in [-0.4, -0.2) is 0 Å². The van der Waals surface area contributed by atoms with Crippen LogP contribution in [0.3, 0.4) is 0 Å². The normalized spacial score (nSPS) is 10.5. The van der Waals surface area contributed by atoms with Gasteiger partial charge in [0.1, 0.15) is 0 Å². The molecule has 0 aromatic heterocycles. The van der Waals surface area contributed by atoms with E-state index in [0.717, 1.165) is 0 Å². The Kier molecular flexibility index (Phi) is 1.89. The second-order valence-electron chi connectivity index (χ2n) is 2.95. The zero-order valence-electron chi connectivity index (χ0n) is 6.84. The Labute approximate surface area is 80.3 Å². The van der Waals surface area contributed by atoms with Crippen LogP contribution in [0.15, 0.2) is 40.9 Å². The van der Waals surface area contributed by atoms with Crippen molar-refractivity contribution in [2.45, 2.75) is 6.92 Å². The fourth-order valence-corrected chi connectivity index (χ4v) is 1.69. The maximum atomic E-state index is 3.52. The molecule has 0 saturated carbocycles. The molecule has 1 heteroatoms. The minimum Gasteiger partial charge on any atom is -0.0616 e. The van der Waals surface area contributed by atoms with Crippen LogP contribution in [0, 0.1) is 6.92 Å². The topological polar surface area (TPSA) is 0 Å². The highest BCUT2D eigenvalue weighted by atomic mass is 79.9. The molecule has 0 radical (unpaired) electrons. The zero-order chi connectivity index (χ0) is 8.55. The first kappa shape index (κ1) is 7.81. The summed E-state index contributed by atoms with van der Waals surface area (Å²) in [6, 6.07) is 12.7. The third kappa shape index (κ3) is 1.25. The van der Waals surface area contributed by atoms with Gasteiger partial charge in [0.05, 0.1) is 0 Å². The van der Waals surface area contributed by atoms with E-state index >= 15 is 0 Å². The lowest BCUT2D eigenvalue weighted by Gasteiger charge is -2.01. The molecule has 0 aliphatic rings. The van der Waals surface area contributed by atoms with E-state index in [9.17, 15) is 0 Å². The Balaban J connectivity index is 2.84. The Morgan fingerprint density at radius 2 is 1.58 bits per heavy atom. The van der Waals surface area contributed by atoms with E-state index < -0.39 is 0 Å². The summed E-state index contributed by atoms with van der Waals surface area (Å²) in [5, 5.41) is 2.59. The molecule has 12 heavy (non-hydrogen) atoms. The Morgan fingerprint density at radius 3 is 2.25 bits per heavy atom. The van der Waals surface area contributed by atoms with Crippen LogP contribution in [-0.2, 0) is 0 Å². The van der Waals surface area contributed by atoms with Gasteiger partial charge in [0.15, 0.2) is 0 Å².